The van der Waals surface area contributed by atoms with Crippen molar-refractivity contribution in [2.24, 2.45) is 0 Å². The van der Waals surface area contributed by atoms with Crippen molar-refractivity contribution >= 4 is 23.9 Å². The second kappa shape index (κ2) is 48.8. The Balaban J connectivity index is 2.73. The molecule has 0 radical (unpaired) electrons. The molecule has 1 fully saturated rings. The third-order valence-electron chi connectivity index (χ3n) is 12.4. The van der Waals surface area contributed by atoms with Gasteiger partial charge in [0.2, 0.25) is 0 Å². The topological polar surface area (TPSA) is 175 Å². The van der Waals surface area contributed by atoms with Gasteiger partial charge in [0.05, 0.1) is 6.61 Å². The first-order valence-electron chi connectivity index (χ1n) is 28.6. The number of hydrogen-bond donors (Lipinski definition) is 3. The lowest BCUT2D eigenvalue weighted by Gasteiger charge is -2.40. The van der Waals surface area contributed by atoms with E-state index in [1.165, 1.54) is 25.7 Å². The first-order valence-corrected chi connectivity index (χ1v) is 28.6. The molecule has 0 spiro atoms. The van der Waals surface area contributed by atoms with E-state index in [4.69, 9.17) is 23.7 Å². The second-order valence-electron chi connectivity index (χ2n) is 19.2. The van der Waals surface area contributed by atoms with Crippen molar-refractivity contribution < 1.29 is 58.2 Å². The smallest absolute Gasteiger partial charge is 0.335 e. The maximum Gasteiger partial charge on any atom is 0.335 e. The summed E-state index contributed by atoms with van der Waals surface area (Å²) in [6.45, 7) is 5.76. The molecule has 1 saturated heterocycles. The zero-order valence-corrected chi connectivity index (χ0v) is 45.6. The lowest BCUT2D eigenvalue weighted by Crippen LogP contribution is -2.61. The van der Waals surface area contributed by atoms with Crippen molar-refractivity contribution in [2.75, 3.05) is 13.2 Å². The number of carboxylic acids is 1. The zero-order valence-electron chi connectivity index (χ0n) is 45.6. The third kappa shape index (κ3) is 39.0. The fraction of sp³-hybridized carbons (Fsp3) is 0.705. The quantitative estimate of drug-likeness (QED) is 0.0228. The Morgan fingerprint density at radius 3 is 1.38 bits per heavy atom. The highest BCUT2D eigenvalue weighted by Gasteiger charge is 2.50. The minimum Gasteiger partial charge on any atom is -0.479 e. The minimum atomic E-state index is -1.92. The van der Waals surface area contributed by atoms with E-state index in [0.29, 0.717) is 19.3 Å². The summed E-state index contributed by atoms with van der Waals surface area (Å²) < 4.78 is 28.3. The number of ether oxygens (including phenoxy) is 5. The van der Waals surface area contributed by atoms with Crippen LogP contribution in [0, 0.1) is 0 Å². The molecular weight excluding hydrogens is 925 g/mol. The van der Waals surface area contributed by atoms with Crippen LogP contribution in [0.3, 0.4) is 0 Å². The summed E-state index contributed by atoms with van der Waals surface area (Å²) >= 11 is 0. The summed E-state index contributed by atoms with van der Waals surface area (Å²) in [5, 5.41) is 31.4. The average Bonchev–Trinajstić information content (AvgIpc) is 3.37. The van der Waals surface area contributed by atoms with E-state index in [1.54, 1.807) is 0 Å². The summed E-state index contributed by atoms with van der Waals surface area (Å²) in [7, 11) is 0. The van der Waals surface area contributed by atoms with Gasteiger partial charge in [0.15, 0.2) is 24.6 Å². The monoisotopic (exact) mass is 1020 g/mol. The molecule has 12 nitrogen and oxygen atoms in total. The number of carbonyl (C=O) groups is 4. The SMILES string of the molecule is CC/C=C\C/C=C\C/C=C\C/C=C\CCCCCCC(=O)OC1C(OCC(COC(=O)CCCCCCC/C=C\C/C=C\CCC)OC(=O)CCCCCCC/C=C\CCCCCC)OC(C(=O)O)C(O)C1O. The molecule has 0 saturated carbocycles. The highest BCUT2D eigenvalue weighted by atomic mass is 16.7. The standard InChI is InChI=1S/C61H100O12/c1-4-7-10-13-16-19-22-25-26-27-28-31-34-37-40-43-46-49-55(64)72-59-57(66)56(65)58(60(67)68)73-61(59)70-51-52(71-54(63)48-45-42-39-36-33-30-24-21-18-15-12-9-6-3)50-69-53(62)47-44-41-38-35-32-29-23-20-17-14-11-8-5-2/h7,10-11,14,16,19-21,23-26,28,31,52,56-59,61,65-66H,4-6,8-9,12-13,15,17-18,22,27,29-30,32-51H2,1-3H3,(H,67,68)/b10-7-,14-11-,19-16-,23-20-,24-21-,26-25-,31-28-. The molecule has 0 aromatic heterocycles. The number of carboxylic acid groups (broad SMARTS) is 1. The number of rotatable bonds is 47. The molecule has 0 amide bonds. The summed E-state index contributed by atoms with van der Waals surface area (Å²) in [5.41, 5.74) is 0. The molecule has 0 aliphatic carbocycles. The van der Waals surface area contributed by atoms with E-state index in [2.05, 4.69) is 106 Å². The third-order valence-corrected chi connectivity index (χ3v) is 12.4. The summed E-state index contributed by atoms with van der Waals surface area (Å²) in [5.74, 6) is -3.19. The van der Waals surface area contributed by atoms with Crippen LogP contribution in [0.15, 0.2) is 85.1 Å². The number of esters is 3. The molecule has 12 heteroatoms. The zero-order chi connectivity index (χ0) is 53.3. The van der Waals surface area contributed by atoms with Crippen LogP contribution in [0.25, 0.3) is 0 Å². The molecule has 1 aliphatic heterocycles. The van der Waals surface area contributed by atoms with Crippen LogP contribution >= 0.6 is 0 Å². The maximum absolute atomic E-state index is 13.1. The molecule has 6 atom stereocenters. The Labute approximate surface area is 441 Å². The Bertz CT molecular complexity index is 1590. The molecule has 0 aromatic rings. The number of aliphatic hydroxyl groups is 2. The van der Waals surface area contributed by atoms with Crippen molar-refractivity contribution in [1.82, 2.24) is 0 Å². The van der Waals surface area contributed by atoms with Crippen LogP contribution in [0.1, 0.15) is 226 Å². The van der Waals surface area contributed by atoms with Crippen LogP contribution in [0.2, 0.25) is 0 Å². The lowest BCUT2D eigenvalue weighted by atomic mass is 9.98. The van der Waals surface area contributed by atoms with Gasteiger partial charge < -0.3 is 39.0 Å². The molecule has 416 valence electrons. The van der Waals surface area contributed by atoms with Gasteiger partial charge in [0, 0.05) is 19.3 Å². The van der Waals surface area contributed by atoms with Gasteiger partial charge in [0.1, 0.15) is 18.8 Å². The number of hydrogen-bond acceptors (Lipinski definition) is 11. The fourth-order valence-corrected chi connectivity index (χ4v) is 8.04. The summed E-state index contributed by atoms with van der Waals surface area (Å²) in [6, 6.07) is 0. The first kappa shape index (κ1) is 66.9. The van der Waals surface area contributed by atoms with Crippen molar-refractivity contribution in [3.05, 3.63) is 85.1 Å². The lowest BCUT2D eigenvalue weighted by molar-refractivity contribution is -0.301. The molecule has 1 heterocycles. The van der Waals surface area contributed by atoms with E-state index < -0.39 is 67.3 Å². The molecular formula is C61H100O12. The molecule has 73 heavy (non-hydrogen) atoms. The predicted octanol–water partition coefficient (Wildman–Crippen LogP) is 14.3. The number of unbranched alkanes of at least 4 members (excludes halogenated alkanes) is 19. The van der Waals surface area contributed by atoms with E-state index in [-0.39, 0.29) is 25.9 Å². The maximum atomic E-state index is 13.1. The minimum absolute atomic E-state index is 0.0272. The van der Waals surface area contributed by atoms with Gasteiger partial charge >= 0.3 is 23.9 Å². The number of aliphatic carboxylic acids is 1. The van der Waals surface area contributed by atoms with Crippen LogP contribution in [-0.4, -0.2) is 89.2 Å². The van der Waals surface area contributed by atoms with Gasteiger partial charge in [-0.2, -0.15) is 0 Å². The van der Waals surface area contributed by atoms with E-state index in [9.17, 15) is 34.5 Å². The van der Waals surface area contributed by atoms with Gasteiger partial charge in [-0.3, -0.25) is 14.4 Å². The van der Waals surface area contributed by atoms with Crippen LogP contribution in [-0.2, 0) is 42.9 Å². The van der Waals surface area contributed by atoms with Crippen LogP contribution < -0.4 is 0 Å². The average molecular weight is 1030 g/mol. The van der Waals surface area contributed by atoms with Gasteiger partial charge in [-0.25, -0.2) is 4.79 Å². The summed E-state index contributed by atoms with van der Waals surface area (Å²) in [6.07, 6.45) is 49.8. The molecule has 0 aromatic carbocycles. The van der Waals surface area contributed by atoms with Crippen molar-refractivity contribution in [2.45, 2.75) is 263 Å². The predicted molar refractivity (Wildman–Crippen MR) is 294 cm³/mol. The largest absolute Gasteiger partial charge is 0.479 e. The van der Waals surface area contributed by atoms with Gasteiger partial charge in [-0.15, -0.1) is 0 Å². The van der Waals surface area contributed by atoms with E-state index in [1.807, 2.05) is 0 Å². The Morgan fingerprint density at radius 2 is 0.890 bits per heavy atom. The molecule has 1 rings (SSSR count). The Hall–Kier alpha value is -4.10. The van der Waals surface area contributed by atoms with Crippen LogP contribution in [0.4, 0.5) is 0 Å². The normalized spacial score (nSPS) is 18.9. The van der Waals surface area contributed by atoms with Gasteiger partial charge in [-0.1, -0.05) is 183 Å². The second-order valence-corrected chi connectivity index (χ2v) is 19.2. The Morgan fingerprint density at radius 1 is 0.466 bits per heavy atom. The number of carbonyl (C=O) groups excluding carboxylic acids is 3. The van der Waals surface area contributed by atoms with Crippen LogP contribution in [0.5, 0.6) is 0 Å². The van der Waals surface area contributed by atoms with E-state index >= 15 is 0 Å². The van der Waals surface area contributed by atoms with Gasteiger partial charge in [-0.05, 0) is 109 Å². The fourth-order valence-electron chi connectivity index (χ4n) is 8.04. The van der Waals surface area contributed by atoms with Crippen molar-refractivity contribution in [3.8, 4) is 0 Å². The summed E-state index contributed by atoms with van der Waals surface area (Å²) in [4.78, 5) is 51.0. The highest BCUT2D eigenvalue weighted by molar-refractivity contribution is 5.74. The molecule has 3 N–H and O–H groups in total. The van der Waals surface area contributed by atoms with Gasteiger partial charge in [0.25, 0.3) is 0 Å². The molecule has 0 bridgehead atoms. The number of aliphatic hydroxyl groups excluding tert-OH is 2. The van der Waals surface area contributed by atoms with Crippen molar-refractivity contribution in [3.63, 3.8) is 0 Å². The number of allylic oxidation sites excluding steroid dienone is 14. The molecule has 6 unspecified atom stereocenters. The van der Waals surface area contributed by atoms with Crippen molar-refractivity contribution in [1.29, 1.82) is 0 Å². The van der Waals surface area contributed by atoms with E-state index in [0.717, 1.165) is 141 Å². The Kier molecular flexibility index (Phi) is 44.7. The molecule has 1 aliphatic rings. The first-order chi connectivity index (χ1) is 35.6. The highest BCUT2D eigenvalue weighted by Crippen LogP contribution is 2.26.